The number of rotatable bonds is 1. The first-order valence-corrected chi connectivity index (χ1v) is 4.50. The standard InChI is InChI=1S/C11H10N2O2/c1-15-11(14)13-10-9-5-3-2-4-8(9)6-7-12-10/h2-7H,1H3,(H,12,13,14). The van der Waals surface area contributed by atoms with Gasteiger partial charge in [-0.15, -0.1) is 0 Å². The zero-order valence-corrected chi connectivity index (χ0v) is 8.23. The first kappa shape index (κ1) is 9.45. The van der Waals surface area contributed by atoms with E-state index in [9.17, 15) is 4.79 Å². The molecule has 15 heavy (non-hydrogen) atoms. The highest BCUT2D eigenvalue weighted by Crippen LogP contribution is 2.20. The van der Waals surface area contributed by atoms with Crippen molar-refractivity contribution in [1.82, 2.24) is 4.98 Å². The van der Waals surface area contributed by atoms with Gasteiger partial charge in [0.2, 0.25) is 0 Å². The highest BCUT2D eigenvalue weighted by molar-refractivity contribution is 5.97. The summed E-state index contributed by atoms with van der Waals surface area (Å²) in [4.78, 5) is 15.1. The predicted octanol–water partition coefficient (Wildman–Crippen LogP) is 2.41. The number of anilines is 1. The van der Waals surface area contributed by atoms with E-state index in [4.69, 9.17) is 0 Å². The van der Waals surface area contributed by atoms with Gasteiger partial charge in [-0.2, -0.15) is 0 Å². The number of ether oxygens (including phenoxy) is 1. The molecule has 0 aliphatic heterocycles. The molecule has 4 nitrogen and oxygen atoms in total. The van der Waals surface area contributed by atoms with Gasteiger partial charge in [0.15, 0.2) is 0 Å². The summed E-state index contributed by atoms with van der Waals surface area (Å²) in [5.74, 6) is 0.514. The van der Waals surface area contributed by atoms with Crippen LogP contribution in [0, 0.1) is 0 Å². The van der Waals surface area contributed by atoms with Crippen LogP contribution in [0.25, 0.3) is 10.8 Å². The van der Waals surface area contributed by atoms with Crippen LogP contribution >= 0.6 is 0 Å². The van der Waals surface area contributed by atoms with Crippen molar-refractivity contribution in [3.63, 3.8) is 0 Å². The van der Waals surface area contributed by atoms with Crippen LogP contribution in [-0.4, -0.2) is 18.2 Å². The lowest BCUT2D eigenvalue weighted by molar-refractivity contribution is 0.187. The maximum Gasteiger partial charge on any atom is 0.412 e. The van der Waals surface area contributed by atoms with Crippen LogP contribution in [0.15, 0.2) is 36.5 Å². The molecule has 0 bridgehead atoms. The Bertz CT molecular complexity index is 491. The van der Waals surface area contributed by atoms with Crippen LogP contribution in [0.4, 0.5) is 10.6 Å². The SMILES string of the molecule is COC(=O)Nc1nccc2ccccc12. The summed E-state index contributed by atoms with van der Waals surface area (Å²) in [6.45, 7) is 0. The van der Waals surface area contributed by atoms with E-state index >= 15 is 0 Å². The van der Waals surface area contributed by atoms with Crippen LogP contribution in [0.3, 0.4) is 0 Å². The van der Waals surface area contributed by atoms with Crippen molar-refractivity contribution in [1.29, 1.82) is 0 Å². The summed E-state index contributed by atoms with van der Waals surface area (Å²) >= 11 is 0. The molecule has 2 aromatic rings. The maximum absolute atomic E-state index is 11.1. The molecular weight excluding hydrogens is 192 g/mol. The Kier molecular flexibility index (Phi) is 2.49. The van der Waals surface area contributed by atoms with Crippen molar-refractivity contribution < 1.29 is 9.53 Å². The van der Waals surface area contributed by atoms with E-state index in [-0.39, 0.29) is 0 Å². The average molecular weight is 202 g/mol. The lowest BCUT2D eigenvalue weighted by atomic mass is 10.1. The van der Waals surface area contributed by atoms with E-state index in [1.54, 1.807) is 6.20 Å². The molecule has 1 N–H and O–H groups in total. The number of hydrogen-bond acceptors (Lipinski definition) is 3. The maximum atomic E-state index is 11.1. The lowest BCUT2D eigenvalue weighted by Gasteiger charge is -2.05. The highest BCUT2D eigenvalue weighted by atomic mass is 16.5. The van der Waals surface area contributed by atoms with E-state index < -0.39 is 6.09 Å². The Morgan fingerprint density at radius 3 is 2.93 bits per heavy atom. The molecule has 0 unspecified atom stereocenters. The normalized spacial score (nSPS) is 9.93. The van der Waals surface area contributed by atoms with Gasteiger partial charge in [-0.1, -0.05) is 24.3 Å². The van der Waals surface area contributed by atoms with Gasteiger partial charge in [0, 0.05) is 11.6 Å². The Morgan fingerprint density at radius 2 is 2.13 bits per heavy atom. The summed E-state index contributed by atoms with van der Waals surface area (Å²) in [6.07, 6.45) is 1.13. The average Bonchev–Trinajstić information content (AvgIpc) is 2.29. The number of methoxy groups -OCH3 is 1. The third-order valence-corrected chi connectivity index (χ3v) is 2.08. The van der Waals surface area contributed by atoms with E-state index in [0.29, 0.717) is 5.82 Å². The van der Waals surface area contributed by atoms with Crippen LogP contribution in [-0.2, 0) is 4.74 Å². The predicted molar refractivity (Wildman–Crippen MR) is 57.8 cm³/mol. The van der Waals surface area contributed by atoms with Gasteiger partial charge < -0.3 is 4.74 Å². The molecule has 1 aromatic heterocycles. The fraction of sp³-hybridized carbons (Fsp3) is 0.0909. The third kappa shape index (κ3) is 1.88. The molecule has 1 amide bonds. The van der Waals surface area contributed by atoms with Crippen molar-refractivity contribution in [3.8, 4) is 0 Å². The number of amides is 1. The van der Waals surface area contributed by atoms with Crippen LogP contribution in [0.1, 0.15) is 0 Å². The molecule has 1 aromatic carbocycles. The number of pyridine rings is 1. The molecule has 0 spiro atoms. The number of fused-ring (bicyclic) bond motifs is 1. The first-order chi connectivity index (χ1) is 7.31. The summed E-state index contributed by atoms with van der Waals surface area (Å²) in [6, 6.07) is 9.57. The minimum Gasteiger partial charge on any atom is -0.453 e. The number of carbonyl (C=O) groups excluding carboxylic acids is 1. The molecule has 4 heteroatoms. The fourth-order valence-corrected chi connectivity index (χ4v) is 1.37. The highest BCUT2D eigenvalue weighted by Gasteiger charge is 2.05. The quantitative estimate of drug-likeness (QED) is 0.772. The monoisotopic (exact) mass is 202 g/mol. The van der Waals surface area contributed by atoms with Crippen LogP contribution in [0.5, 0.6) is 0 Å². The van der Waals surface area contributed by atoms with Gasteiger partial charge in [0.25, 0.3) is 0 Å². The molecule has 0 fully saturated rings. The van der Waals surface area contributed by atoms with Gasteiger partial charge in [-0.25, -0.2) is 9.78 Å². The fourth-order valence-electron chi connectivity index (χ4n) is 1.37. The minimum absolute atomic E-state index is 0.514. The second-order valence-corrected chi connectivity index (χ2v) is 3.00. The summed E-state index contributed by atoms with van der Waals surface area (Å²) in [5.41, 5.74) is 0. The molecule has 0 aliphatic carbocycles. The summed E-state index contributed by atoms with van der Waals surface area (Å²) < 4.78 is 4.51. The molecule has 2 rings (SSSR count). The van der Waals surface area contributed by atoms with Gasteiger partial charge in [0.1, 0.15) is 5.82 Å². The topological polar surface area (TPSA) is 51.2 Å². The van der Waals surface area contributed by atoms with E-state index in [2.05, 4.69) is 15.0 Å². The number of nitrogens with zero attached hydrogens (tertiary/aromatic N) is 1. The van der Waals surface area contributed by atoms with Crippen LogP contribution < -0.4 is 5.32 Å². The van der Waals surface area contributed by atoms with Gasteiger partial charge >= 0.3 is 6.09 Å². The van der Waals surface area contributed by atoms with Crippen LogP contribution in [0.2, 0.25) is 0 Å². The Morgan fingerprint density at radius 1 is 1.33 bits per heavy atom. The molecule has 0 aliphatic rings. The number of hydrogen-bond donors (Lipinski definition) is 1. The largest absolute Gasteiger partial charge is 0.453 e. The van der Waals surface area contributed by atoms with E-state index in [1.165, 1.54) is 7.11 Å². The van der Waals surface area contributed by atoms with Gasteiger partial charge in [-0.3, -0.25) is 5.32 Å². The molecular formula is C11H10N2O2. The van der Waals surface area contributed by atoms with Gasteiger partial charge in [-0.05, 0) is 11.5 Å². The summed E-state index contributed by atoms with van der Waals surface area (Å²) in [5, 5.41) is 4.48. The molecule has 0 atom stereocenters. The Labute approximate surface area is 86.9 Å². The number of carbonyl (C=O) groups is 1. The molecule has 0 saturated carbocycles. The van der Waals surface area contributed by atoms with Crippen molar-refractivity contribution in [2.24, 2.45) is 0 Å². The second-order valence-electron chi connectivity index (χ2n) is 3.00. The van der Waals surface area contributed by atoms with E-state index in [0.717, 1.165) is 10.8 Å². The smallest absolute Gasteiger partial charge is 0.412 e. The molecule has 0 radical (unpaired) electrons. The Balaban J connectivity index is 2.46. The zero-order chi connectivity index (χ0) is 10.7. The van der Waals surface area contributed by atoms with Gasteiger partial charge in [0.05, 0.1) is 7.11 Å². The third-order valence-electron chi connectivity index (χ3n) is 2.08. The number of aromatic nitrogens is 1. The number of benzene rings is 1. The summed E-state index contributed by atoms with van der Waals surface area (Å²) in [7, 11) is 1.32. The lowest BCUT2D eigenvalue weighted by Crippen LogP contribution is -2.12. The Hall–Kier alpha value is -2.10. The minimum atomic E-state index is -0.515. The molecule has 76 valence electrons. The second kappa shape index (κ2) is 3.96. The molecule has 1 heterocycles. The van der Waals surface area contributed by atoms with Crippen molar-refractivity contribution in [2.75, 3.05) is 12.4 Å². The number of nitrogens with one attached hydrogen (secondary N) is 1. The van der Waals surface area contributed by atoms with Crippen molar-refractivity contribution >= 4 is 22.7 Å². The van der Waals surface area contributed by atoms with Crippen molar-refractivity contribution in [3.05, 3.63) is 36.5 Å². The molecule has 0 saturated heterocycles. The zero-order valence-electron chi connectivity index (χ0n) is 8.23. The van der Waals surface area contributed by atoms with E-state index in [1.807, 2.05) is 30.3 Å². The first-order valence-electron chi connectivity index (χ1n) is 4.50. The van der Waals surface area contributed by atoms with Crippen molar-refractivity contribution in [2.45, 2.75) is 0 Å².